The van der Waals surface area contributed by atoms with Crippen molar-refractivity contribution in [2.24, 2.45) is 0 Å². The number of anilines is 1. The molecular weight excluding hydrogens is 432 g/mol. The number of aromatic nitrogens is 1. The van der Waals surface area contributed by atoms with Crippen molar-refractivity contribution in [1.29, 1.82) is 0 Å². The fraction of sp³-hybridized carbons (Fsp3) is 0.613. The molecule has 4 nitrogen and oxygen atoms in total. The number of rotatable bonds is 6. The number of ether oxygens (including phenoxy) is 1. The summed E-state index contributed by atoms with van der Waals surface area (Å²) in [6.07, 6.45) is 20.1. The van der Waals surface area contributed by atoms with Gasteiger partial charge < -0.3 is 10.1 Å². The summed E-state index contributed by atoms with van der Waals surface area (Å²) in [7, 11) is 1.41. The fourth-order valence-corrected chi connectivity index (χ4v) is 5.22. The SMILES string of the molecule is CCc1ccc(C2CCCCCCCCCCCCCC2)nc1NCc1ccc(C(=O)OC)cc1. The molecule has 0 spiro atoms. The van der Waals surface area contributed by atoms with Crippen LogP contribution >= 0.6 is 0 Å². The van der Waals surface area contributed by atoms with Crippen molar-refractivity contribution in [1.82, 2.24) is 4.98 Å². The third-order valence-corrected chi connectivity index (χ3v) is 7.49. The number of carbonyl (C=O) groups is 1. The molecule has 35 heavy (non-hydrogen) atoms. The molecule has 1 aliphatic rings. The Morgan fingerprint density at radius 3 is 1.89 bits per heavy atom. The molecule has 1 saturated carbocycles. The van der Waals surface area contributed by atoms with Gasteiger partial charge in [0.05, 0.1) is 12.7 Å². The van der Waals surface area contributed by atoms with E-state index in [-0.39, 0.29) is 5.97 Å². The van der Waals surface area contributed by atoms with E-state index in [1.54, 1.807) is 0 Å². The van der Waals surface area contributed by atoms with Gasteiger partial charge >= 0.3 is 5.97 Å². The summed E-state index contributed by atoms with van der Waals surface area (Å²) in [5.41, 5.74) is 4.23. The second kappa shape index (κ2) is 15.6. The second-order valence-electron chi connectivity index (χ2n) is 10.2. The average Bonchev–Trinajstić information content (AvgIpc) is 2.91. The maximum absolute atomic E-state index is 11.7. The standard InChI is InChI=1S/C31H46N2O2/c1-3-26-22-23-29(27-16-14-12-10-8-6-4-5-7-9-11-13-15-17-27)33-30(26)32-24-25-18-20-28(21-19-25)31(34)35-2/h18-23,27H,3-17,24H2,1-2H3,(H,32,33). The number of esters is 1. The first kappa shape index (κ1) is 27.2. The lowest BCUT2D eigenvalue weighted by Crippen LogP contribution is -2.09. The summed E-state index contributed by atoms with van der Waals surface area (Å²) >= 11 is 0. The van der Waals surface area contributed by atoms with Crippen LogP contribution in [0.5, 0.6) is 0 Å². The third kappa shape index (κ3) is 9.31. The maximum atomic E-state index is 11.7. The van der Waals surface area contributed by atoms with Gasteiger partial charge in [-0.1, -0.05) is 102 Å². The molecule has 3 rings (SSSR count). The molecule has 0 radical (unpaired) electrons. The number of hydrogen-bond donors (Lipinski definition) is 1. The molecular formula is C31H46N2O2. The van der Waals surface area contributed by atoms with Gasteiger partial charge in [-0.2, -0.15) is 0 Å². The van der Waals surface area contributed by atoms with Gasteiger partial charge in [0.15, 0.2) is 0 Å². The molecule has 0 atom stereocenters. The quantitative estimate of drug-likeness (QED) is 0.422. The predicted molar refractivity (Wildman–Crippen MR) is 146 cm³/mol. The van der Waals surface area contributed by atoms with E-state index in [0.717, 1.165) is 17.8 Å². The lowest BCUT2D eigenvalue weighted by atomic mass is 9.91. The highest BCUT2D eigenvalue weighted by atomic mass is 16.5. The molecule has 1 aromatic heterocycles. The summed E-state index contributed by atoms with van der Waals surface area (Å²) in [6.45, 7) is 2.88. The van der Waals surface area contributed by atoms with Crippen LogP contribution in [0.2, 0.25) is 0 Å². The Morgan fingerprint density at radius 1 is 0.829 bits per heavy atom. The fourth-order valence-electron chi connectivity index (χ4n) is 5.22. The largest absolute Gasteiger partial charge is 0.465 e. The molecule has 0 bridgehead atoms. The number of aryl methyl sites for hydroxylation is 1. The van der Waals surface area contributed by atoms with E-state index in [9.17, 15) is 4.79 Å². The lowest BCUT2D eigenvalue weighted by molar-refractivity contribution is 0.0600. The topological polar surface area (TPSA) is 51.2 Å². The van der Waals surface area contributed by atoms with Gasteiger partial charge in [-0.05, 0) is 48.6 Å². The normalized spacial score (nSPS) is 17.2. The van der Waals surface area contributed by atoms with Crippen LogP contribution in [-0.4, -0.2) is 18.1 Å². The maximum Gasteiger partial charge on any atom is 0.337 e. The highest BCUT2D eigenvalue weighted by Crippen LogP contribution is 2.30. The molecule has 1 heterocycles. The lowest BCUT2D eigenvalue weighted by Gasteiger charge is -2.19. The monoisotopic (exact) mass is 478 g/mol. The van der Waals surface area contributed by atoms with Crippen molar-refractivity contribution < 1.29 is 9.53 Å². The van der Waals surface area contributed by atoms with Crippen molar-refractivity contribution in [3.05, 3.63) is 58.8 Å². The Labute approximate surface area is 213 Å². The zero-order valence-electron chi connectivity index (χ0n) is 22.1. The van der Waals surface area contributed by atoms with Crippen molar-refractivity contribution in [2.75, 3.05) is 12.4 Å². The molecule has 0 saturated heterocycles. The van der Waals surface area contributed by atoms with Crippen LogP contribution in [0.3, 0.4) is 0 Å². The van der Waals surface area contributed by atoms with E-state index in [1.165, 1.54) is 108 Å². The summed E-state index contributed by atoms with van der Waals surface area (Å²) in [5, 5.41) is 3.59. The van der Waals surface area contributed by atoms with Crippen LogP contribution in [0.15, 0.2) is 36.4 Å². The number of carbonyl (C=O) groups excluding carboxylic acids is 1. The first-order valence-electron chi connectivity index (χ1n) is 14.1. The van der Waals surface area contributed by atoms with Crippen LogP contribution in [0.1, 0.15) is 130 Å². The van der Waals surface area contributed by atoms with Crippen LogP contribution in [0, 0.1) is 0 Å². The number of benzene rings is 1. The van der Waals surface area contributed by atoms with Gasteiger partial charge in [-0.3, -0.25) is 0 Å². The highest BCUT2D eigenvalue weighted by Gasteiger charge is 2.15. The Bertz CT molecular complexity index is 862. The number of nitrogens with zero attached hydrogens (tertiary/aromatic N) is 1. The number of hydrogen-bond acceptors (Lipinski definition) is 4. The zero-order chi connectivity index (χ0) is 24.7. The highest BCUT2D eigenvalue weighted by molar-refractivity contribution is 5.89. The van der Waals surface area contributed by atoms with E-state index < -0.39 is 0 Å². The number of pyridine rings is 1. The van der Waals surface area contributed by atoms with Crippen molar-refractivity contribution in [3.8, 4) is 0 Å². The molecule has 0 aliphatic heterocycles. The number of nitrogens with one attached hydrogen (secondary N) is 1. The molecule has 0 unspecified atom stereocenters. The molecule has 1 fully saturated rings. The molecule has 2 aromatic rings. The molecule has 1 aromatic carbocycles. The Kier molecular flexibility index (Phi) is 12.1. The van der Waals surface area contributed by atoms with Gasteiger partial charge in [0.2, 0.25) is 0 Å². The first-order valence-corrected chi connectivity index (χ1v) is 14.1. The minimum Gasteiger partial charge on any atom is -0.465 e. The smallest absolute Gasteiger partial charge is 0.337 e. The molecule has 1 N–H and O–H groups in total. The Balaban J connectivity index is 1.66. The Hall–Kier alpha value is -2.36. The summed E-state index contributed by atoms with van der Waals surface area (Å²) < 4.78 is 4.80. The minimum absolute atomic E-state index is 0.300. The zero-order valence-corrected chi connectivity index (χ0v) is 22.1. The number of methoxy groups -OCH3 is 1. The second-order valence-corrected chi connectivity index (χ2v) is 10.2. The molecule has 1 aliphatic carbocycles. The minimum atomic E-state index is -0.300. The predicted octanol–water partition coefficient (Wildman–Crippen LogP) is 8.60. The van der Waals surface area contributed by atoms with Gasteiger partial charge in [-0.15, -0.1) is 0 Å². The summed E-state index contributed by atoms with van der Waals surface area (Å²) in [5.74, 6) is 1.27. The van der Waals surface area contributed by atoms with Crippen LogP contribution in [0.25, 0.3) is 0 Å². The van der Waals surface area contributed by atoms with Crippen molar-refractivity contribution >= 4 is 11.8 Å². The van der Waals surface area contributed by atoms with Crippen molar-refractivity contribution in [3.63, 3.8) is 0 Å². The third-order valence-electron chi connectivity index (χ3n) is 7.49. The van der Waals surface area contributed by atoms with E-state index in [4.69, 9.17) is 9.72 Å². The van der Waals surface area contributed by atoms with Crippen LogP contribution in [-0.2, 0) is 17.7 Å². The summed E-state index contributed by atoms with van der Waals surface area (Å²) in [4.78, 5) is 16.9. The summed E-state index contributed by atoms with van der Waals surface area (Å²) in [6, 6.07) is 12.2. The molecule has 0 amide bonds. The first-order chi connectivity index (χ1) is 17.2. The van der Waals surface area contributed by atoms with Crippen LogP contribution in [0.4, 0.5) is 5.82 Å². The van der Waals surface area contributed by atoms with Gasteiger partial charge in [0.25, 0.3) is 0 Å². The van der Waals surface area contributed by atoms with E-state index in [2.05, 4.69) is 24.4 Å². The van der Waals surface area contributed by atoms with E-state index >= 15 is 0 Å². The van der Waals surface area contributed by atoms with Gasteiger partial charge in [0.1, 0.15) is 5.82 Å². The van der Waals surface area contributed by atoms with Crippen LogP contribution < -0.4 is 5.32 Å². The Morgan fingerprint density at radius 2 is 1.37 bits per heavy atom. The molecule has 192 valence electrons. The van der Waals surface area contributed by atoms with Gasteiger partial charge in [-0.25, -0.2) is 9.78 Å². The van der Waals surface area contributed by atoms with E-state index in [1.807, 2.05) is 24.3 Å². The average molecular weight is 479 g/mol. The van der Waals surface area contributed by atoms with E-state index in [0.29, 0.717) is 18.0 Å². The van der Waals surface area contributed by atoms with Gasteiger partial charge in [0, 0.05) is 18.2 Å². The molecule has 4 heteroatoms. The van der Waals surface area contributed by atoms with Crippen molar-refractivity contribution in [2.45, 2.75) is 116 Å².